The highest BCUT2D eigenvalue weighted by Gasteiger charge is 2.59. The molecule has 0 saturated heterocycles. The van der Waals surface area contributed by atoms with Gasteiger partial charge < -0.3 is 5.11 Å². The standard InChI is InChI=1S/C17H21FO/c18-13-4-1-3-11(7-13)9-17(19)10-12-8-16(17)15-6-2-5-14(12)15/h1,3-4,7,12,14-16,19H,2,5-6,8-10H2. The van der Waals surface area contributed by atoms with Gasteiger partial charge in [-0.2, -0.15) is 0 Å². The first-order chi connectivity index (χ1) is 9.16. The summed E-state index contributed by atoms with van der Waals surface area (Å²) in [7, 11) is 0. The van der Waals surface area contributed by atoms with Gasteiger partial charge in [-0.25, -0.2) is 4.39 Å². The van der Waals surface area contributed by atoms with Crippen LogP contribution in [0, 0.1) is 29.5 Å². The molecule has 1 N–H and O–H groups in total. The van der Waals surface area contributed by atoms with Crippen LogP contribution < -0.4 is 0 Å². The zero-order valence-electron chi connectivity index (χ0n) is 11.2. The van der Waals surface area contributed by atoms with Crippen molar-refractivity contribution < 1.29 is 9.50 Å². The fourth-order valence-corrected chi connectivity index (χ4v) is 5.44. The maximum Gasteiger partial charge on any atom is 0.123 e. The van der Waals surface area contributed by atoms with Crippen LogP contribution in [0.4, 0.5) is 4.39 Å². The van der Waals surface area contributed by atoms with E-state index in [9.17, 15) is 9.50 Å². The van der Waals surface area contributed by atoms with Gasteiger partial charge in [-0.1, -0.05) is 18.6 Å². The van der Waals surface area contributed by atoms with Crippen molar-refractivity contribution in [3.63, 3.8) is 0 Å². The first kappa shape index (κ1) is 11.9. The Morgan fingerprint density at radius 2 is 2.11 bits per heavy atom. The van der Waals surface area contributed by atoms with Crippen molar-refractivity contribution in [2.45, 2.75) is 44.1 Å². The zero-order valence-corrected chi connectivity index (χ0v) is 11.2. The van der Waals surface area contributed by atoms with E-state index in [1.165, 1.54) is 31.7 Å². The van der Waals surface area contributed by atoms with Crippen molar-refractivity contribution in [2.24, 2.45) is 23.7 Å². The molecule has 3 aliphatic rings. The molecule has 2 heteroatoms. The van der Waals surface area contributed by atoms with Gasteiger partial charge >= 0.3 is 0 Å². The lowest BCUT2D eigenvalue weighted by atomic mass is 9.71. The minimum Gasteiger partial charge on any atom is -0.389 e. The lowest BCUT2D eigenvalue weighted by Crippen LogP contribution is -2.43. The second-order valence-electron chi connectivity index (χ2n) is 6.98. The number of hydrogen-bond acceptors (Lipinski definition) is 1. The Morgan fingerprint density at radius 1 is 1.26 bits per heavy atom. The smallest absolute Gasteiger partial charge is 0.123 e. The average molecular weight is 260 g/mol. The van der Waals surface area contributed by atoms with Gasteiger partial charge in [0.25, 0.3) is 0 Å². The van der Waals surface area contributed by atoms with Crippen LogP contribution in [0.5, 0.6) is 0 Å². The monoisotopic (exact) mass is 260 g/mol. The van der Waals surface area contributed by atoms with Crippen molar-refractivity contribution in [2.75, 3.05) is 0 Å². The quantitative estimate of drug-likeness (QED) is 0.862. The van der Waals surface area contributed by atoms with Crippen molar-refractivity contribution in [1.82, 2.24) is 0 Å². The molecule has 19 heavy (non-hydrogen) atoms. The van der Waals surface area contributed by atoms with Gasteiger partial charge in [0.05, 0.1) is 5.60 Å². The van der Waals surface area contributed by atoms with Crippen LogP contribution in [0.25, 0.3) is 0 Å². The van der Waals surface area contributed by atoms with E-state index in [0.717, 1.165) is 29.7 Å². The normalized spacial score (nSPS) is 43.7. The van der Waals surface area contributed by atoms with Crippen molar-refractivity contribution in [3.05, 3.63) is 35.6 Å². The number of benzene rings is 1. The molecule has 1 aromatic carbocycles. The maximum absolute atomic E-state index is 13.3. The van der Waals surface area contributed by atoms with E-state index in [0.29, 0.717) is 12.3 Å². The highest BCUT2D eigenvalue weighted by Crippen LogP contribution is 2.62. The fraction of sp³-hybridized carbons (Fsp3) is 0.647. The summed E-state index contributed by atoms with van der Waals surface area (Å²) in [5, 5.41) is 11.1. The summed E-state index contributed by atoms with van der Waals surface area (Å²) in [6.07, 6.45) is 6.81. The van der Waals surface area contributed by atoms with E-state index in [2.05, 4.69) is 0 Å². The number of hydrogen-bond donors (Lipinski definition) is 1. The third-order valence-corrected chi connectivity index (χ3v) is 6.01. The molecule has 0 radical (unpaired) electrons. The van der Waals surface area contributed by atoms with E-state index in [-0.39, 0.29) is 5.82 Å². The molecule has 0 aromatic heterocycles. The van der Waals surface area contributed by atoms with Gasteiger partial charge in [-0.15, -0.1) is 0 Å². The first-order valence-electron chi connectivity index (χ1n) is 7.62. The summed E-state index contributed by atoms with van der Waals surface area (Å²) in [5.74, 6) is 2.64. The summed E-state index contributed by atoms with van der Waals surface area (Å²) in [4.78, 5) is 0. The molecule has 5 unspecified atom stereocenters. The second kappa shape index (κ2) is 4.05. The van der Waals surface area contributed by atoms with Crippen LogP contribution in [0.3, 0.4) is 0 Å². The molecule has 3 aliphatic carbocycles. The molecule has 0 spiro atoms. The molecule has 0 heterocycles. The Morgan fingerprint density at radius 3 is 2.95 bits per heavy atom. The molecule has 102 valence electrons. The maximum atomic E-state index is 13.3. The summed E-state index contributed by atoms with van der Waals surface area (Å²) in [6, 6.07) is 6.75. The van der Waals surface area contributed by atoms with Crippen LogP contribution in [0.2, 0.25) is 0 Å². The van der Waals surface area contributed by atoms with E-state index >= 15 is 0 Å². The van der Waals surface area contributed by atoms with Crippen molar-refractivity contribution in [3.8, 4) is 0 Å². The molecular formula is C17H21FO. The zero-order chi connectivity index (χ0) is 13.0. The van der Waals surface area contributed by atoms with Gasteiger partial charge in [0.2, 0.25) is 0 Å². The summed E-state index contributed by atoms with van der Waals surface area (Å²) >= 11 is 0. The molecule has 2 bridgehead atoms. The minimum absolute atomic E-state index is 0.192. The average Bonchev–Trinajstić information content (AvgIpc) is 2.99. The lowest BCUT2D eigenvalue weighted by molar-refractivity contribution is -0.0450. The van der Waals surface area contributed by atoms with Crippen LogP contribution in [-0.4, -0.2) is 10.7 Å². The summed E-state index contributed by atoms with van der Waals surface area (Å²) in [6.45, 7) is 0. The molecule has 0 amide bonds. The van der Waals surface area contributed by atoms with Gasteiger partial charge in [-0.05, 0) is 67.1 Å². The molecular weight excluding hydrogens is 239 g/mol. The molecule has 0 aliphatic heterocycles. The molecule has 5 atom stereocenters. The molecule has 4 rings (SSSR count). The SMILES string of the molecule is OC1(Cc2cccc(F)c2)CC2CC1C1CCCC21. The largest absolute Gasteiger partial charge is 0.389 e. The number of fused-ring (bicyclic) bond motifs is 5. The Balaban J connectivity index is 1.58. The number of aliphatic hydroxyl groups is 1. The Labute approximate surface area is 113 Å². The summed E-state index contributed by atoms with van der Waals surface area (Å²) in [5.41, 5.74) is 0.383. The van der Waals surface area contributed by atoms with Gasteiger partial charge in [0, 0.05) is 6.42 Å². The second-order valence-corrected chi connectivity index (χ2v) is 6.98. The Hall–Kier alpha value is -0.890. The van der Waals surface area contributed by atoms with E-state index < -0.39 is 5.60 Å². The van der Waals surface area contributed by atoms with Gasteiger partial charge in [-0.3, -0.25) is 0 Å². The number of halogens is 1. The topological polar surface area (TPSA) is 20.2 Å². The highest BCUT2D eigenvalue weighted by atomic mass is 19.1. The summed E-state index contributed by atoms with van der Waals surface area (Å²) < 4.78 is 13.3. The predicted molar refractivity (Wildman–Crippen MR) is 72.1 cm³/mol. The predicted octanol–water partition coefficient (Wildman–Crippen LogP) is 3.56. The van der Waals surface area contributed by atoms with Crippen molar-refractivity contribution in [1.29, 1.82) is 0 Å². The molecule has 1 aromatic rings. The minimum atomic E-state index is -0.566. The van der Waals surface area contributed by atoms with Crippen LogP contribution in [0.15, 0.2) is 24.3 Å². The van der Waals surface area contributed by atoms with Gasteiger partial charge in [0.1, 0.15) is 5.82 Å². The van der Waals surface area contributed by atoms with E-state index in [4.69, 9.17) is 0 Å². The Bertz CT molecular complexity index is 500. The third kappa shape index (κ3) is 1.76. The molecule has 3 saturated carbocycles. The van der Waals surface area contributed by atoms with Crippen LogP contribution >= 0.6 is 0 Å². The van der Waals surface area contributed by atoms with Crippen LogP contribution in [0.1, 0.15) is 37.7 Å². The van der Waals surface area contributed by atoms with Gasteiger partial charge in [0.15, 0.2) is 0 Å². The third-order valence-electron chi connectivity index (χ3n) is 6.01. The first-order valence-corrected chi connectivity index (χ1v) is 7.62. The lowest BCUT2D eigenvalue weighted by Gasteiger charge is -2.39. The number of rotatable bonds is 2. The van der Waals surface area contributed by atoms with E-state index in [1.807, 2.05) is 6.07 Å². The molecule has 1 nitrogen and oxygen atoms in total. The van der Waals surface area contributed by atoms with Crippen molar-refractivity contribution >= 4 is 0 Å². The van der Waals surface area contributed by atoms with Crippen LogP contribution in [-0.2, 0) is 6.42 Å². The fourth-order valence-electron chi connectivity index (χ4n) is 5.44. The van der Waals surface area contributed by atoms with E-state index in [1.54, 1.807) is 12.1 Å². The Kier molecular flexibility index (Phi) is 2.54. The highest BCUT2D eigenvalue weighted by molar-refractivity contribution is 5.21. The molecule has 3 fully saturated rings.